The highest BCUT2D eigenvalue weighted by Gasteiger charge is 2.11. The van der Waals surface area contributed by atoms with Crippen molar-refractivity contribution in [1.82, 2.24) is 10.2 Å². The monoisotopic (exact) mass is 425 g/mol. The van der Waals surface area contributed by atoms with Gasteiger partial charge in [0.1, 0.15) is 0 Å². The second kappa shape index (κ2) is 7.79. The van der Waals surface area contributed by atoms with E-state index in [1.54, 1.807) is 18.2 Å². The molecule has 0 saturated carbocycles. The molecule has 2 aromatic carbocycles. The largest absolute Gasteiger partial charge is 0.417 e. The molecular weight excluding hydrogens is 417 g/mol. The lowest BCUT2D eigenvalue weighted by Crippen LogP contribution is -1.89. The van der Waals surface area contributed by atoms with Crippen LogP contribution in [0.4, 0.5) is 0 Å². The van der Waals surface area contributed by atoms with Gasteiger partial charge in [-0.05, 0) is 40.2 Å². The number of halogens is 3. The van der Waals surface area contributed by atoms with Gasteiger partial charge >= 0.3 is 0 Å². The summed E-state index contributed by atoms with van der Waals surface area (Å²) in [5, 5.41) is 12.8. The van der Waals surface area contributed by atoms with Gasteiger partial charge in [0.2, 0.25) is 5.89 Å². The van der Waals surface area contributed by atoms with Crippen LogP contribution in [0, 0.1) is 0 Å². The van der Waals surface area contributed by atoms with Gasteiger partial charge in [-0.2, -0.15) is 0 Å². The van der Waals surface area contributed by atoms with Gasteiger partial charge in [-0.25, -0.2) is 0 Å². The van der Waals surface area contributed by atoms with E-state index >= 15 is 0 Å². The lowest BCUT2D eigenvalue weighted by molar-refractivity contribution is 0.112. The fourth-order valence-corrected chi connectivity index (χ4v) is 2.76. The van der Waals surface area contributed by atoms with E-state index in [0.29, 0.717) is 27.4 Å². The Morgan fingerprint density at radius 3 is 2.79 bits per heavy atom. The highest BCUT2D eigenvalue weighted by atomic mass is 79.9. The first kappa shape index (κ1) is 17.0. The summed E-state index contributed by atoms with van der Waals surface area (Å²) in [5.41, 5.74) is 1.51. The van der Waals surface area contributed by atoms with Gasteiger partial charge in [0.15, 0.2) is 6.61 Å². The van der Waals surface area contributed by atoms with E-state index in [1.165, 1.54) is 6.21 Å². The van der Waals surface area contributed by atoms with Crippen molar-refractivity contribution in [3.05, 3.63) is 68.4 Å². The van der Waals surface area contributed by atoms with Gasteiger partial charge in [0.05, 0.1) is 16.8 Å². The molecule has 0 radical (unpaired) electrons. The van der Waals surface area contributed by atoms with Crippen LogP contribution < -0.4 is 0 Å². The van der Waals surface area contributed by atoms with Gasteiger partial charge in [-0.1, -0.05) is 46.6 Å². The molecule has 0 spiro atoms. The van der Waals surface area contributed by atoms with Crippen LogP contribution in [-0.2, 0) is 11.4 Å². The molecule has 0 aliphatic carbocycles. The van der Waals surface area contributed by atoms with Gasteiger partial charge in [0.25, 0.3) is 5.89 Å². The molecule has 0 aliphatic rings. The Hall–Kier alpha value is -1.89. The van der Waals surface area contributed by atoms with Crippen molar-refractivity contribution in [1.29, 1.82) is 0 Å². The fraction of sp³-hybridized carbons (Fsp3) is 0.0625. The zero-order valence-corrected chi connectivity index (χ0v) is 15.2. The summed E-state index contributed by atoms with van der Waals surface area (Å²) in [5.74, 6) is 0.728. The molecular formula is C16H10BrCl2N3O2. The van der Waals surface area contributed by atoms with Crippen LogP contribution in [0.5, 0.6) is 0 Å². The zero-order chi connectivity index (χ0) is 16.9. The van der Waals surface area contributed by atoms with Crippen molar-refractivity contribution in [2.24, 2.45) is 5.16 Å². The molecule has 3 rings (SSSR count). The highest BCUT2D eigenvalue weighted by Crippen LogP contribution is 2.26. The van der Waals surface area contributed by atoms with Crippen LogP contribution in [-0.4, -0.2) is 16.4 Å². The molecule has 0 aliphatic heterocycles. The summed E-state index contributed by atoms with van der Waals surface area (Å²) >= 11 is 15.3. The van der Waals surface area contributed by atoms with Crippen LogP contribution >= 0.6 is 39.1 Å². The summed E-state index contributed by atoms with van der Waals surface area (Å²) in [4.78, 5) is 5.16. The third-order valence-electron chi connectivity index (χ3n) is 2.99. The molecule has 1 heterocycles. The van der Waals surface area contributed by atoms with Crippen LogP contribution in [0.15, 0.2) is 56.5 Å². The van der Waals surface area contributed by atoms with Crippen molar-refractivity contribution in [3.8, 4) is 11.5 Å². The van der Waals surface area contributed by atoms with Crippen LogP contribution in [0.2, 0.25) is 10.0 Å². The Morgan fingerprint density at radius 1 is 1.17 bits per heavy atom. The van der Waals surface area contributed by atoms with Crippen molar-refractivity contribution in [2.45, 2.75) is 6.61 Å². The number of rotatable bonds is 5. The Morgan fingerprint density at radius 2 is 2.00 bits per heavy atom. The lowest BCUT2D eigenvalue weighted by Gasteiger charge is -1.98. The van der Waals surface area contributed by atoms with Crippen LogP contribution in [0.3, 0.4) is 0 Å². The maximum atomic E-state index is 6.03. The van der Waals surface area contributed by atoms with E-state index in [9.17, 15) is 0 Å². The lowest BCUT2D eigenvalue weighted by atomic mass is 10.2. The second-order valence-corrected chi connectivity index (χ2v) is 6.35. The van der Waals surface area contributed by atoms with E-state index in [0.717, 1.165) is 10.0 Å². The fourth-order valence-electron chi connectivity index (χ4n) is 1.85. The molecule has 0 saturated heterocycles. The molecule has 3 aromatic rings. The van der Waals surface area contributed by atoms with Crippen LogP contribution in [0.25, 0.3) is 11.5 Å². The topological polar surface area (TPSA) is 60.5 Å². The Bertz CT molecular complexity index is 883. The van der Waals surface area contributed by atoms with E-state index in [-0.39, 0.29) is 6.61 Å². The first-order chi connectivity index (χ1) is 11.6. The van der Waals surface area contributed by atoms with Gasteiger partial charge in [-0.3, -0.25) is 0 Å². The summed E-state index contributed by atoms with van der Waals surface area (Å²) in [6, 6.07) is 12.7. The SMILES string of the molecule is Clc1ccc(C=NOCc2nnc(-c3ccccc3Br)o2)c(Cl)c1. The molecule has 0 amide bonds. The number of nitrogens with zero attached hydrogens (tertiary/aromatic N) is 3. The number of oxime groups is 1. The second-order valence-electron chi connectivity index (χ2n) is 4.65. The number of hydrogen-bond donors (Lipinski definition) is 0. The van der Waals surface area contributed by atoms with Crippen LogP contribution in [0.1, 0.15) is 11.5 Å². The molecule has 5 nitrogen and oxygen atoms in total. The normalized spacial score (nSPS) is 11.1. The molecule has 0 N–H and O–H groups in total. The smallest absolute Gasteiger partial charge is 0.257 e. The molecule has 1 aromatic heterocycles. The van der Waals surface area contributed by atoms with Gasteiger partial charge < -0.3 is 9.25 Å². The van der Waals surface area contributed by atoms with Crippen molar-refractivity contribution in [3.63, 3.8) is 0 Å². The molecule has 0 atom stereocenters. The standard InChI is InChI=1S/C16H10BrCl2N3O2/c17-13-4-2-1-3-12(13)16-22-21-15(24-16)9-23-20-8-10-5-6-11(18)7-14(10)19/h1-8H,9H2. The van der Waals surface area contributed by atoms with E-state index < -0.39 is 0 Å². The molecule has 8 heteroatoms. The average Bonchev–Trinajstić information content (AvgIpc) is 3.02. The average molecular weight is 427 g/mol. The predicted molar refractivity (Wildman–Crippen MR) is 96.3 cm³/mol. The van der Waals surface area contributed by atoms with E-state index in [4.69, 9.17) is 32.5 Å². The first-order valence-electron chi connectivity index (χ1n) is 6.81. The Balaban J connectivity index is 1.62. The van der Waals surface area contributed by atoms with Crippen molar-refractivity contribution >= 4 is 45.3 Å². The molecule has 24 heavy (non-hydrogen) atoms. The molecule has 122 valence electrons. The Kier molecular flexibility index (Phi) is 5.50. The molecule has 0 fully saturated rings. The zero-order valence-electron chi connectivity index (χ0n) is 12.1. The van der Waals surface area contributed by atoms with E-state index in [2.05, 4.69) is 31.3 Å². The van der Waals surface area contributed by atoms with Gasteiger partial charge in [0, 0.05) is 15.1 Å². The number of aromatic nitrogens is 2. The summed E-state index contributed by atoms with van der Waals surface area (Å²) in [6.07, 6.45) is 1.49. The van der Waals surface area contributed by atoms with Crippen molar-refractivity contribution < 1.29 is 9.25 Å². The minimum Gasteiger partial charge on any atom is -0.417 e. The number of benzene rings is 2. The minimum atomic E-state index is 0.0547. The minimum absolute atomic E-state index is 0.0547. The first-order valence-corrected chi connectivity index (χ1v) is 8.36. The maximum Gasteiger partial charge on any atom is 0.257 e. The summed E-state index contributed by atoms with van der Waals surface area (Å²) < 4.78 is 6.42. The van der Waals surface area contributed by atoms with E-state index in [1.807, 2.05) is 24.3 Å². The third kappa shape index (κ3) is 4.14. The quantitative estimate of drug-likeness (QED) is 0.407. The Labute approximate surface area is 156 Å². The van der Waals surface area contributed by atoms with Gasteiger partial charge in [-0.15, -0.1) is 10.2 Å². The third-order valence-corrected chi connectivity index (χ3v) is 4.24. The summed E-state index contributed by atoms with van der Waals surface area (Å²) in [6.45, 7) is 0.0547. The maximum absolute atomic E-state index is 6.03. The molecule has 0 unspecified atom stereocenters. The molecule has 0 bridgehead atoms. The summed E-state index contributed by atoms with van der Waals surface area (Å²) in [7, 11) is 0. The van der Waals surface area contributed by atoms with Crippen molar-refractivity contribution in [2.75, 3.05) is 0 Å². The predicted octanol–water partition coefficient (Wildman–Crippen LogP) is 5.36. The number of hydrogen-bond acceptors (Lipinski definition) is 5. The highest BCUT2D eigenvalue weighted by molar-refractivity contribution is 9.10.